The minimum Gasteiger partial charge on any atom is -0.305 e. The third-order valence-corrected chi connectivity index (χ3v) is 4.66. The molecule has 0 spiro atoms. The molecule has 0 heterocycles. The first-order valence-electron chi connectivity index (χ1n) is 8.28. The molecule has 0 aliphatic carbocycles. The molecule has 3 aromatic carbocycles. The van der Waals surface area contributed by atoms with Crippen molar-refractivity contribution in [2.24, 2.45) is 0 Å². The fourth-order valence-corrected chi connectivity index (χ4v) is 3.31. The lowest BCUT2D eigenvalue weighted by Gasteiger charge is -2.10. The lowest BCUT2D eigenvalue weighted by molar-refractivity contribution is 0.103. The van der Waals surface area contributed by atoms with E-state index in [4.69, 9.17) is 23.2 Å². The van der Waals surface area contributed by atoms with Crippen molar-refractivity contribution in [3.8, 4) is 11.1 Å². The Hall–Kier alpha value is -1.84. The molecule has 27 heavy (non-hydrogen) atoms. The van der Waals surface area contributed by atoms with E-state index >= 15 is 0 Å². The molecule has 0 saturated carbocycles. The van der Waals surface area contributed by atoms with Gasteiger partial charge in [-0.05, 0) is 49.0 Å². The summed E-state index contributed by atoms with van der Waals surface area (Å²) in [6.45, 7) is 0.912. The van der Waals surface area contributed by atoms with Crippen LogP contribution in [0.25, 0.3) is 11.1 Å². The second-order valence-electron chi connectivity index (χ2n) is 6.47. The van der Waals surface area contributed by atoms with Gasteiger partial charge in [0, 0.05) is 22.7 Å². The zero-order valence-corrected chi connectivity index (χ0v) is 17.4. The summed E-state index contributed by atoms with van der Waals surface area (Å²) in [5, 5.41) is 0.877. The van der Waals surface area contributed by atoms with Crippen LogP contribution in [0, 0.1) is 0 Å². The van der Waals surface area contributed by atoms with Crippen LogP contribution in [-0.4, -0.2) is 24.8 Å². The van der Waals surface area contributed by atoms with Crippen LogP contribution in [0.5, 0.6) is 0 Å². The van der Waals surface area contributed by atoms with Crippen LogP contribution in [0.2, 0.25) is 10.0 Å². The van der Waals surface area contributed by atoms with Gasteiger partial charge in [0.2, 0.25) is 0 Å². The highest BCUT2D eigenvalue weighted by Gasteiger charge is 2.13. The molecule has 0 radical (unpaired) electrons. The molecule has 3 aromatic rings. The van der Waals surface area contributed by atoms with Crippen molar-refractivity contribution in [2.75, 3.05) is 14.1 Å². The van der Waals surface area contributed by atoms with Crippen LogP contribution >= 0.6 is 35.6 Å². The monoisotopic (exact) mass is 419 g/mol. The molecule has 0 bridgehead atoms. The average molecular weight is 421 g/mol. The third kappa shape index (κ3) is 5.33. The molecule has 2 nitrogen and oxygen atoms in total. The number of halogens is 3. The molecular formula is C22H20Cl3NO. The van der Waals surface area contributed by atoms with Gasteiger partial charge in [0.25, 0.3) is 0 Å². The van der Waals surface area contributed by atoms with E-state index in [1.54, 1.807) is 18.2 Å². The SMILES string of the molecule is CN(C)Cc1ccc(-c2ccc(C(=O)c3ccc(Cl)cc3Cl)cc2)cc1.Cl. The van der Waals surface area contributed by atoms with Gasteiger partial charge in [-0.15, -0.1) is 12.4 Å². The van der Waals surface area contributed by atoms with Gasteiger partial charge in [-0.25, -0.2) is 0 Å². The smallest absolute Gasteiger partial charge is 0.194 e. The van der Waals surface area contributed by atoms with Gasteiger partial charge in [0.1, 0.15) is 0 Å². The minimum atomic E-state index is -0.112. The van der Waals surface area contributed by atoms with Gasteiger partial charge >= 0.3 is 0 Å². The first kappa shape index (κ1) is 21.5. The first-order valence-corrected chi connectivity index (χ1v) is 9.03. The number of nitrogens with zero attached hydrogens (tertiary/aromatic N) is 1. The summed E-state index contributed by atoms with van der Waals surface area (Å²) in [5.41, 5.74) is 4.51. The molecule has 0 saturated heterocycles. The van der Waals surface area contributed by atoms with Gasteiger partial charge in [-0.3, -0.25) is 4.79 Å². The molecule has 0 aliphatic rings. The first-order chi connectivity index (χ1) is 12.4. The maximum Gasteiger partial charge on any atom is 0.194 e. The number of carbonyl (C=O) groups is 1. The zero-order valence-electron chi connectivity index (χ0n) is 15.1. The van der Waals surface area contributed by atoms with E-state index in [9.17, 15) is 4.79 Å². The lowest BCUT2D eigenvalue weighted by atomic mass is 9.99. The molecule has 0 aromatic heterocycles. The fourth-order valence-electron chi connectivity index (χ4n) is 2.81. The molecular weight excluding hydrogens is 401 g/mol. The van der Waals surface area contributed by atoms with Crippen LogP contribution in [0.4, 0.5) is 0 Å². The Balaban J connectivity index is 0.00000261. The van der Waals surface area contributed by atoms with Crippen molar-refractivity contribution in [1.82, 2.24) is 4.90 Å². The number of hydrogen-bond donors (Lipinski definition) is 0. The van der Waals surface area contributed by atoms with Crippen molar-refractivity contribution < 1.29 is 4.79 Å². The highest BCUT2D eigenvalue weighted by Crippen LogP contribution is 2.25. The third-order valence-electron chi connectivity index (χ3n) is 4.11. The van der Waals surface area contributed by atoms with Gasteiger partial charge in [-0.2, -0.15) is 0 Å². The normalized spacial score (nSPS) is 10.6. The van der Waals surface area contributed by atoms with Crippen LogP contribution in [0.1, 0.15) is 21.5 Å². The molecule has 0 fully saturated rings. The molecule has 0 unspecified atom stereocenters. The van der Waals surface area contributed by atoms with Crippen LogP contribution in [0.15, 0.2) is 66.7 Å². The number of benzene rings is 3. The van der Waals surface area contributed by atoms with Crippen molar-refractivity contribution in [3.63, 3.8) is 0 Å². The van der Waals surface area contributed by atoms with E-state index in [-0.39, 0.29) is 18.2 Å². The highest BCUT2D eigenvalue weighted by atomic mass is 35.5. The Morgan fingerprint density at radius 2 is 1.41 bits per heavy atom. The van der Waals surface area contributed by atoms with Gasteiger partial charge in [-0.1, -0.05) is 71.7 Å². The number of ketones is 1. The van der Waals surface area contributed by atoms with E-state index < -0.39 is 0 Å². The van der Waals surface area contributed by atoms with Gasteiger partial charge in [0.05, 0.1) is 5.02 Å². The summed E-state index contributed by atoms with van der Waals surface area (Å²) in [4.78, 5) is 14.8. The standard InChI is InChI=1S/C22H19Cl2NO.ClH/c1-25(2)14-15-3-5-16(6-4-15)17-7-9-18(10-8-17)22(26)20-12-11-19(23)13-21(20)24;/h3-13H,14H2,1-2H3;1H. The van der Waals surface area contributed by atoms with E-state index in [0.717, 1.165) is 17.7 Å². The van der Waals surface area contributed by atoms with Crippen molar-refractivity contribution >= 4 is 41.4 Å². The van der Waals surface area contributed by atoms with Crippen LogP contribution < -0.4 is 0 Å². The second kappa shape index (κ2) is 9.38. The highest BCUT2D eigenvalue weighted by molar-refractivity contribution is 6.37. The van der Waals surface area contributed by atoms with E-state index in [1.807, 2.05) is 24.3 Å². The Labute approximate surface area is 176 Å². The molecule has 0 amide bonds. The second-order valence-corrected chi connectivity index (χ2v) is 7.31. The Morgan fingerprint density at radius 1 is 0.852 bits per heavy atom. The molecule has 0 N–H and O–H groups in total. The number of carbonyl (C=O) groups excluding carboxylic acids is 1. The summed E-state index contributed by atoms with van der Waals surface area (Å²) in [6.07, 6.45) is 0. The Morgan fingerprint density at radius 3 is 1.93 bits per heavy atom. The summed E-state index contributed by atoms with van der Waals surface area (Å²) >= 11 is 12.0. The molecule has 0 aliphatic heterocycles. The molecule has 5 heteroatoms. The maximum atomic E-state index is 12.6. The average Bonchev–Trinajstić information content (AvgIpc) is 2.61. The topological polar surface area (TPSA) is 20.3 Å². The summed E-state index contributed by atoms with van der Waals surface area (Å²) in [6, 6.07) is 20.9. The van der Waals surface area contributed by atoms with Crippen molar-refractivity contribution in [1.29, 1.82) is 0 Å². The Bertz CT molecular complexity index is 919. The molecule has 0 atom stereocenters. The van der Waals surface area contributed by atoms with E-state index in [1.165, 1.54) is 5.56 Å². The van der Waals surface area contributed by atoms with Crippen molar-refractivity contribution in [3.05, 3.63) is 93.5 Å². The van der Waals surface area contributed by atoms with Gasteiger partial charge in [0.15, 0.2) is 5.78 Å². The van der Waals surface area contributed by atoms with Crippen LogP contribution in [-0.2, 0) is 6.54 Å². The summed E-state index contributed by atoms with van der Waals surface area (Å²) < 4.78 is 0. The number of rotatable bonds is 5. The fraction of sp³-hybridized carbons (Fsp3) is 0.136. The summed E-state index contributed by atoms with van der Waals surface area (Å²) in [5.74, 6) is -0.112. The number of hydrogen-bond acceptors (Lipinski definition) is 2. The quantitative estimate of drug-likeness (QED) is 0.447. The predicted octanol–water partition coefficient (Wildman–Crippen LogP) is 6.37. The largest absolute Gasteiger partial charge is 0.305 e. The predicted molar refractivity (Wildman–Crippen MR) is 116 cm³/mol. The van der Waals surface area contributed by atoms with Crippen molar-refractivity contribution in [2.45, 2.75) is 6.54 Å². The maximum absolute atomic E-state index is 12.6. The molecule has 140 valence electrons. The van der Waals surface area contributed by atoms with E-state index in [0.29, 0.717) is 21.2 Å². The van der Waals surface area contributed by atoms with E-state index in [2.05, 4.69) is 43.3 Å². The lowest BCUT2D eigenvalue weighted by Crippen LogP contribution is -2.10. The minimum absolute atomic E-state index is 0. The molecule has 3 rings (SSSR count). The van der Waals surface area contributed by atoms with Gasteiger partial charge < -0.3 is 4.90 Å². The van der Waals surface area contributed by atoms with Crippen LogP contribution in [0.3, 0.4) is 0 Å². The zero-order chi connectivity index (χ0) is 18.7. The Kier molecular flexibility index (Phi) is 7.46. The summed E-state index contributed by atoms with van der Waals surface area (Å²) in [7, 11) is 4.10.